The topological polar surface area (TPSA) is 14.8 Å². The van der Waals surface area contributed by atoms with Gasteiger partial charge in [0, 0.05) is 49.4 Å². The van der Waals surface area contributed by atoms with Crippen molar-refractivity contribution in [2.75, 3.05) is 0 Å². The quantitative estimate of drug-likeness (QED) is 0.137. The highest BCUT2D eigenvalue weighted by Gasteiger charge is 2.36. The van der Waals surface area contributed by atoms with E-state index in [0.29, 0.717) is 27.6 Å². The molecular weight excluding hydrogens is 1660 g/mol. The summed E-state index contributed by atoms with van der Waals surface area (Å²) >= 11 is 0. The Balaban J connectivity index is 0.000000167. The zero-order valence-electron chi connectivity index (χ0n) is 107. The van der Waals surface area contributed by atoms with Gasteiger partial charge in [-0.2, -0.15) is 0 Å². The Morgan fingerprint density at radius 2 is 0.399 bits per heavy atom. The van der Waals surface area contributed by atoms with E-state index in [1.165, 1.54) is 33.4 Å². The summed E-state index contributed by atoms with van der Waals surface area (Å²) in [4.78, 5) is 0. The summed E-state index contributed by atoms with van der Waals surface area (Å²) < 4.78 is 173. The van der Waals surface area contributed by atoms with Crippen LogP contribution in [0.5, 0.6) is 0 Å². The van der Waals surface area contributed by atoms with Crippen molar-refractivity contribution in [1.82, 2.24) is 13.7 Å². The summed E-state index contributed by atoms with van der Waals surface area (Å²) in [6, 6.07) is 63.1. The molecule has 18 aromatic rings. The minimum atomic E-state index is -0.626. The fourth-order valence-electron chi connectivity index (χ4n) is 19.7. The molecule has 3 heteroatoms. The van der Waals surface area contributed by atoms with E-state index in [4.69, 9.17) is 26.0 Å². The second kappa shape index (κ2) is 35.9. The first-order valence-corrected chi connectivity index (χ1v) is 49.1. The van der Waals surface area contributed by atoms with Crippen LogP contribution in [0.2, 0.25) is 0 Å². The van der Waals surface area contributed by atoms with Crippen LogP contribution in [0.15, 0.2) is 309 Å². The number of benzene rings is 15. The highest BCUT2D eigenvalue weighted by Crippen LogP contribution is 2.54. The fourth-order valence-corrected chi connectivity index (χ4v) is 19.7. The first-order chi connectivity index (χ1) is 72.2. The summed E-state index contributed by atoms with van der Waals surface area (Å²) in [6.07, 6.45) is 0. The molecule has 0 unspecified atom stereocenters. The van der Waals surface area contributed by atoms with Gasteiger partial charge in [-0.25, -0.2) is 0 Å². The van der Waals surface area contributed by atoms with E-state index in [9.17, 15) is 0 Å². The van der Waals surface area contributed by atoms with Crippen LogP contribution < -0.4 is 0 Å². The van der Waals surface area contributed by atoms with Gasteiger partial charge in [0.15, 0.2) is 0 Å². The third kappa shape index (κ3) is 19.5. The lowest BCUT2D eigenvalue weighted by molar-refractivity contribution is 0.567. The minimum Gasteiger partial charge on any atom is -0.309 e. The second-order valence-corrected chi connectivity index (χ2v) is 49.5. The first-order valence-electron chi connectivity index (χ1n) is 58.6. The van der Waals surface area contributed by atoms with E-state index in [1.54, 1.807) is 13.0 Å². The molecule has 0 N–H and O–H groups in total. The van der Waals surface area contributed by atoms with E-state index in [2.05, 4.69) is 355 Å². The molecule has 0 radical (unpaired) electrons. The van der Waals surface area contributed by atoms with E-state index in [0.717, 1.165) is 127 Å². The number of fused-ring (bicyclic) bond motifs is 9. The number of aromatic nitrogens is 3. The van der Waals surface area contributed by atoms with Gasteiger partial charge >= 0.3 is 0 Å². The zero-order valence-corrected chi connectivity index (χ0v) is 88.3. The fraction of sp³-hybridized carbons (Fsp3) is 0.333. The van der Waals surface area contributed by atoms with Crippen LogP contribution in [-0.4, -0.2) is 13.7 Å². The third-order valence-electron chi connectivity index (χ3n) is 27.2. The van der Waals surface area contributed by atoms with Crippen molar-refractivity contribution < 1.29 is 26.0 Å². The lowest BCUT2D eigenvalue weighted by Crippen LogP contribution is -2.18. The van der Waals surface area contributed by atoms with Gasteiger partial charge in [0.25, 0.3) is 0 Å². The van der Waals surface area contributed by atoms with Crippen LogP contribution >= 0.6 is 0 Å². The lowest BCUT2D eigenvalue weighted by Gasteiger charge is -2.29. The normalized spacial score (nSPS) is 14.9. The molecular formula is C135H153N3. The van der Waals surface area contributed by atoms with E-state index < -0.39 is 29.6 Å². The van der Waals surface area contributed by atoms with Gasteiger partial charge in [-0.3, -0.25) is 0 Å². The van der Waals surface area contributed by atoms with E-state index >= 15 is 0 Å². The molecule has 0 aliphatic carbocycles. The maximum absolute atomic E-state index is 9.16. The van der Waals surface area contributed by atoms with Crippen LogP contribution in [0.1, 0.15) is 321 Å². The SMILES string of the molecule is [2H]c1c([2H])c([2H])c(-c2cccc3c2c2c(C(C)(C)C)c(-c4c([2H])c([2H])c(C)c([2H])c4[2H])ccc2n3-c2cc(C(C)(C)C)cc(C(C)(C)C)c2)c([2H])c1[2H].[2H]c1c([2H])c([2H])c(-c2cccc3c2c2c(C(C)(C)C)c(-c4cc(C(C)(C)C)cc(C(C)(C)C)c4)ccc2n3-c2cc(C(C)(C)C)cc(C(C)(C)C)c2)c([2H])c1[2H].[2H]c1c([2H])c([2H])c(-c2cccc3c2c2c(C(C)(C)C)c(-c4ccccc4)ccc2n3-c2cc(C(C)(C)C)cc(C(C)(C)C)c2)c([2H])c1[2H]. The Labute approximate surface area is 855 Å². The zero-order chi connectivity index (χ0) is 116. The van der Waals surface area contributed by atoms with Crippen molar-refractivity contribution in [1.29, 1.82) is 0 Å². The van der Waals surface area contributed by atoms with Crippen LogP contribution in [0.25, 0.3) is 149 Å². The summed E-state index contributed by atoms with van der Waals surface area (Å²) in [5.41, 5.74) is 26.9. The van der Waals surface area contributed by atoms with Crippen molar-refractivity contribution in [3.8, 4) is 83.8 Å². The molecule has 0 saturated carbocycles. The summed E-state index contributed by atoms with van der Waals surface area (Å²) in [5, 5.41) is 5.25. The van der Waals surface area contributed by atoms with E-state index in [1.807, 2.05) is 75.4 Å². The van der Waals surface area contributed by atoms with Gasteiger partial charge in [0.1, 0.15) is 0 Å². The van der Waals surface area contributed by atoms with Crippen LogP contribution in [0, 0.1) is 6.92 Å². The Hall–Kier alpha value is -12.3. The Kier molecular flexibility index (Phi) is 19.9. The largest absolute Gasteiger partial charge is 0.309 e. The lowest BCUT2D eigenvalue weighted by atomic mass is 9.75. The van der Waals surface area contributed by atoms with Crippen molar-refractivity contribution in [2.24, 2.45) is 0 Å². The predicted octanol–water partition coefficient (Wildman–Crippen LogP) is 38.9. The predicted molar refractivity (Wildman–Crippen MR) is 605 cm³/mol. The number of hydrogen-bond acceptors (Lipinski definition) is 0. The van der Waals surface area contributed by atoms with E-state index in [-0.39, 0.29) is 173 Å². The molecule has 0 bridgehead atoms. The average molecular weight is 1840 g/mol. The van der Waals surface area contributed by atoms with Crippen molar-refractivity contribution in [2.45, 2.75) is 295 Å². The van der Waals surface area contributed by atoms with Crippen LogP contribution in [-0.2, 0) is 59.6 Å². The molecule has 0 aliphatic rings. The first kappa shape index (κ1) is 76.6. The van der Waals surface area contributed by atoms with Gasteiger partial charge in [-0.1, -0.05) is 470 Å². The Morgan fingerprint density at radius 3 is 0.645 bits per heavy atom. The standard InChI is InChI=1S/C50H61N.C43H47N.C42H45N/c1-46(2,3)34-26-33(27-35(28-34)47(4,5)6)40-24-25-42-44(45(40)50(13,14)15)43-39(32-20-17-16-18-21-32)22-19-23-41(43)51(42)38-30-36(48(7,8)9)29-37(31-38)49(10,11)12;1-28-19-21-30(22-20-28)35-23-24-37-39(40(35)43(8,9)10)38-34(29-15-12-11-13-16-29)17-14-18-36(38)44(37)33-26-31(41(2,3)4)25-32(27-33)42(5,6)7;1-40(2,3)30-25-31(41(4,5)6)27-32(26-30)43-35-22-16-21-33(28-17-12-10-13-18-28)37(35)38-36(43)24-23-34(39(38)42(7,8)9)29-19-14-11-15-20-29/h16-31H,1-15H3;11-27H,1-10H3;10-27H,1-9H3/i16D,17D,18D,20D,21D;11D,12D,13D,15D,16D,19D,20D,21D,22D;10D,12D,13D,17D,18D. The molecule has 15 aromatic carbocycles. The maximum Gasteiger partial charge on any atom is 0.0629 e. The minimum absolute atomic E-state index is 0.0744. The molecule has 3 aromatic heterocycles. The monoisotopic (exact) mass is 1840 g/mol. The molecule has 0 aliphatic heterocycles. The Morgan fingerprint density at radius 1 is 0.174 bits per heavy atom. The summed E-state index contributed by atoms with van der Waals surface area (Å²) in [6.45, 7) is 74.9. The van der Waals surface area contributed by atoms with Gasteiger partial charge < -0.3 is 13.7 Å². The average Bonchev–Trinajstić information content (AvgIpc) is 1.56. The number of hydrogen-bond donors (Lipinski definition) is 0. The van der Waals surface area contributed by atoms with Crippen LogP contribution in [0.3, 0.4) is 0 Å². The molecule has 0 atom stereocenters. The molecule has 138 heavy (non-hydrogen) atoms. The number of nitrogens with zero attached hydrogens (tertiary/aromatic N) is 3. The number of rotatable bonds is 9. The van der Waals surface area contributed by atoms with Gasteiger partial charge in [0.05, 0.1) is 59.1 Å². The molecule has 708 valence electrons. The van der Waals surface area contributed by atoms with Crippen LogP contribution in [0.4, 0.5) is 0 Å². The van der Waals surface area contributed by atoms with Crippen molar-refractivity contribution >= 4 is 65.4 Å². The maximum atomic E-state index is 9.16. The second-order valence-electron chi connectivity index (χ2n) is 49.5. The van der Waals surface area contributed by atoms with Gasteiger partial charge in [-0.15, -0.1) is 0 Å². The highest BCUT2D eigenvalue weighted by atomic mass is 15.0. The molecule has 18 rings (SSSR count). The molecule has 0 fully saturated rings. The highest BCUT2D eigenvalue weighted by molar-refractivity contribution is 6.21. The molecule has 0 spiro atoms. The Bertz CT molecular complexity index is 8640. The third-order valence-corrected chi connectivity index (χ3v) is 27.2. The van der Waals surface area contributed by atoms with Crippen molar-refractivity contribution in [3.05, 3.63) is 376 Å². The smallest absolute Gasteiger partial charge is 0.0629 e. The molecule has 3 nitrogen and oxygen atoms in total. The van der Waals surface area contributed by atoms with Crippen molar-refractivity contribution in [3.63, 3.8) is 0 Å². The molecule has 0 saturated heterocycles. The summed E-state index contributed by atoms with van der Waals surface area (Å²) in [5.74, 6) is 0. The molecule has 3 heterocycles. The molecule has 0 amide bonds. The summed E-state index contributed by atoms with van der Waals surface area (Å²) in [7, 11) is 0. The van der Waals surface area contributed by atoms with Gasteiger partial charge in [-0.05, 0) is 267 Å². The van der Waals surface area contributed by atoms with Gasteiger partial charge in [0.2, 0.25) is 0 Å².